The summed E-state index contributed by atoms with van der Waals surface area (Å²) in [7, 11) is 0. The molecular formula is C15H20N4S. The first kappa shape index (κ1) is 13.7. The van der Waals surface area contributed by atoms with Gasteiger partial charge in [0.15, 0.2) is 0 Å². The minimum atomic E-state index is 0.755. The smallest absolute Gasteiger partial charge is 0.0795 e. The maximum absolute atomic E-state index is 4.42. The summed E-state index contributed by atoms with van der Waals surface area (Å²) < 4.78 is 0. The zero-order chi connectivity index (χ0) is 13.6. The molecule has 0 aliphatic carbocycles. The molecule has 3 heterocycles. The van der Waals surface area contributed by atoms with E-state index in [0.717, 1.165) is 38.6 Å². The van der Waals surface area contributed by atoms with Crippen molar-refractivity contribution in [2.45, 2.75) is 19.5 Å². The van der Waals surface area contributed by atoms with Crippen LogP contribution in [0.2, 0.25) is 0 Å². The Bertz CT molecular complexity index is 494. The summed E-state index contributed by atoms with van der Waals surface area (Å²) in [6.45, 7) is 5.29. The van der Waals surface area contributed by atoms with Gasteiger partial charge in [0.1, 0.15) is 0 Å². The lowest BCUT2D eigenvalue weighted by molar-refractivity contribution is 0.218. The fourth-order valence-corrected chi connectivity index (χ4v) is 3.26. The SMILES string of the molecule is c1cncc(CN(Cc2cscn2)C[C@@H]2CCNC2)c1. The molecule has 1 aliphatic heterocycles. The molecule has 1 aliphatic rings. The molecule has 106 valence electrons. The van der Waals surface area contributed by atoms with Gasteiger partial charge in [-0.05, 0) is 37.1 Å². The Hall–Kier alpha value is -1.30. The Labute approximate surface area is 123 Å². The fraction of sp³-hybridized carbons (Fsp3) is 0.467. The van der Waals surface area contributed by atoms with E-state index >= 15 is 0 Å². The van der Waals surface area contributed by atoms with E-state index in [-0.39, 0.29) is 0 Å². The Morgan fingerprint density at radius 1 is 1.40 bits per heavy atom. The summed E-state index contributed by atoms with van der Waals surface area (Å²) in [6.07, 6.45) is 5.07. The number of pyridine rings is 1. The van der Waals surface area contributed by atoms with Gasteiger partial charge in [0, 0.05) is 37.4 Å². The molecule has 0 amide bonds. The second-order valence-corrected chi connectivity index (χ2v) is 6.09. The maximum atomic E-state index is 4.42. The summed E-state index contributed by atoms with van der Waals surface area (Å²) in [5.74, 6) is 0.755. The van der Waals surface area contributed by atoms with Gasteiger partial charge >= 0.3 is 0 Å². The fourth-order valence-electron chi connectivity index (χ4n) is 2.71. The van der Waals surface area contributed by atoms with Crippen LogP contribution in [0.1, 0.15) is 17.7 Å². The molecule has 0 aromatic carbocycles. The van der Waals surface area contributed by atoms with Crippen molar-refractivity contribution >= 4 is 11.3 Å². The predicted octanol–water partition coefficient (Wildman–Crippen LogP) is 2.15. The minimum Gasteiger partial charge on any atom is -0.316 e. The summed E-state index contributed by atoms with van der Waals surface area (Å²) in [4.78, 5) is 11.1. The van der Waals surface area contributed by atoms with Gasteiger partial charge in [-0.1, -0.05) is 6.07 Å². The monoisotopic (exact) mass is 288 g/mol. The van der Waals surface area contributed by atoms with Gasteiger partial charge in [-0.3, -0.25) is 9.88 Å². The minimum absolute atomic E-state index is 0.755. The van der Waals surface area contributed by atoms with Crippen LogP contribution in [-0.2, 0) is 13.1 Å². The molecule has 4 nitrogen and oxygen atoms in total. The normalized spacial score (nSPS) is 18.8. The van der Waals surface area contributed by atoms with E-state index in [1.165, 1.54) is 17.7 Å². The van der Waals surface area contributed by atoms with Crippen molar-refractivity contribution in [1.29, 1.82) is 0 Å². The Morgan fingerprint density at radius 3 is 3.10 bits per heavy atom. The first-order valence-electron chi connectivity index (χ1n) is 7.09. The Morgan fingerprint density at radius 2 is 2.40 bits per heavy atom. The number of hydrogen-bond donors (Lipinski definition) is 1. The van der Waals surface area contributed by atoms with Gasteiger partial charge in [-0.15, -0.1) is 11.3 Å². The van der Waals surface area contributed by atoms with Crippen LogP contribution in [0, 0.1) is 5.92 Å². The van der Waals surface area contributed by atoms with Gasteiger partial charge in [-0.2, -0.15) is 0 Å². The summed E-state index contributed by atoms with van der Waals surface area (Å²) in [5, 5.41) is 5.59. The van der Waals surface area contributed by atoms with Crippen LogP contribution in [0.4, 0.5) is 0 Å². The van der Waals surface area contributed by atoms with Crippen molar-refractivity contribution < 1.29 is 0 Å². The molecule has 2 aromatic heterocycles. The second-order valence-electron chi connectivity index (χ2n) is 5.37. The van der Waals surface area contributed by atoms with E-state index in [2.05, 4.69) is 31.6 Å². The molecule has 0 spiro atoms. The van der Waals surface area contributed by atoms with Crippen molar-refractivity contribution in [3.05, 3.63) is 46.7 Å². The molecule has 1 saturated heterocycles. The number of hydrogen-bond acceptors (Lipinski definition) is 5. The molecule has 3 rings (SSSR count). The topological polar surface area (TPSA) is 41.1 Å². The van der Waals surface area contributed by atoms with E-state index < -0.39 is 0 Å². The van der Waals surface area contributed by atoms with E-state index in [0.29, 0.717) is 0 Å². The van der Waals surface area contributed by atoms with E-state index in [1.807, 2.05) is 24.0 Å². The number of nitrogens with one attached hydrogen (secondary N) is 1. The summed E-state index contributed by atoms with van der Waals surface area (Å²) in [6, 6.07) is 4.15. The molecule has 1 N–H and O–H groups in total. The second kappa shape index (κ2) is 6.92. The highest BCUT2D eigenvalue weighted by Crippen LogP contribution is 2.15. The molecule has 5 heteroatoms. The van der Waals surface area contributed by atoms with Crippen molar-refractivity contribution in [1.82, 2.24) is 20.2 Å². The number of rotatable bonds is 6. The predicted molar refractivity (Wildman–Crippen MR) is 81.4 cm³/mol. The van der Waals surface area contributed by atoms with Crippen LogP contribution >= 0.6 is 11.3 Å². The van der Waals surface area contributed by atoms with Crippen LogP contribution in [-0.4, -0.2) is 34.5 Å². The number of aromatic nitrogens is 2. The molecule has 2 aromatic rings. The lowest BCUT2D eigenvalue weighted by Gasteiger charge is -2.24. The van der Waals surface area contributed by atoms with Gasteiger partial charge in [0.2, 0.25) is 0 Å². The van der Waals surface area contributed by atoms with Crippen LogP contribution in [0.3, 0.4) is 0 Å². The van der Waals surface area contributed by atoms with E-state index in [1.54, 1.807) is 11.3 Å². The van der Waals surface area contributed by atoms with Crippen LogP contribution in [0.5, 0.6) is 0 Å². The molecule has 1 atom stereocenters. The maximum Gasteiger partial charge on any atom is 0.0795 e. The highest BCUT2D eigenvalue weighted by Gasteiger charge is 2.19. The first-order valence-corrected chi connectivity index (χ1v) is 8.03. The summed E-state index contributed by atoms with van der Waals surface area (Å²) in [5.41, 5.74) is 4.35. The van der Waals surface area contributed by atoms with Crippen molar-refractivity contribution in [2.24, 2.45) is 5.92 Å². The largest absolute Gasteiger partial charge is 0.316 e. The summed E-state index contributed by atoms with van der Waals surface area (Å²) >= 11 is 1.67. The third-order valence-corrected chi connectivity index (χ3v) is 4.31. The number of nitrogens with zero attached hydrogens (tertiary/aromatic N) is 3. The lowest BCUT2D eigenvalue weighted by atomic mass is 10.1. The molecule has 0 unspecified atom stereocenters. The van der Waals surface area contributed by atoms with Gasteiger partial charge in [0.05, 0.1) is 11.2 Å². The molecule has 0 radical (unpaired) electrons. The van der Waals surface area contributed by atoms with Crippen molar-refractivity contribution in [2.75, 3.05) is 19.6 Å². The van der Waals surface area contributed by atoms with Crippen molar-refractivity contribution in [3.63, 3.8) is 0 Å². The molecule has 1 fully saturated rings. The van der Waals surface area contributed by atoms with Crippen LogP contribution in [0.15, 0.2) is 35.4 Å². The van der Waals surface area contributed by atoms with E-state index in [4.69, 9.17) is 0 Å². The van der Waals surface area contributed by atoms with Gasteiger partial charge in [0.25, 0.3) is 0 Å². The average molecular weight is 288 g/mol. The highest BCUT2D eigenvalue weighted by atomic mass is 32.1. The zero-order valence-corrected chi connectivity index (χ0v) is 12.4. The highest BCUT2D eigenvalue weighted by molar-refractivity contribution is 7.07. The first-order chi connectivity index (χ1) is 9.90. The van der Waals surface area contributed by atoms with Crippen LogP contribution < -0.4 is 5.32 Å². The Kier molecular flexibility index (Phi) is 4.73. The van der Waals surface area contributed by atoms with Crippen LogP contribution in [0.25, 0.3) is 0 Å². The van der Waals surface area contributed by atoms with Gasteiger partial charge < -0.3 is 5.32 Å². The average Bonchev–Trinajstić information content (AvgIpc) is 3.13. The number of thiazole rings is 1. The van der Waals surface area contributed by atoms with Crippen molar-refractivity contribution in [3.8, 4) is 0 Å². The zero-order valence-electron chi connectivity index (χ0n) is 11.5. The Balaban J connectivity index is 1.65. The van der Waals surface area contributed by atoms with Gasteiger partial charge in [-0.25, -0.2) is 4.98 Å². The van der Waals surface area contributed by atoms with E-state index in [9.17, 15) is 0 Å². The third-order valence-electron chi connectivity index (χ3n) is 3.68. The molecule has 0 saturated carbocycles. The molecule has 20 heavy (non-hydrogen) atoms. The standard InChI is InChI=1S/C15H20N4S/c1-2-13(6-16-4-1)8-19(9-14-3-5-17-7-14)10-15-11-20-12-18-15/h1-2,4,6,11-12,14,17H,3,5,7-10H2/t14-/m1/s1. The quantitative estimate of drug-likeness (QED) is 0.884. The molecule has 0 bridgehead atoms. The molecular weight excluding hydrogens is 268 g/mol. The lowest BCUT2D eigenvalue weighted by Crippen LogP contribution is -2.30. The third kappa shape index (κ3) is 3.85.